The Morgan fingerprint density at radius 2 is 2.00 bits per heavy atom. The van der Waals surface area contributed by atoms with E-state index in [0.29, 0.717) is 19.1 Å². The van der Waals surface area contributed by atoms with E-state index < -0.39 is 0 Å². The number of rotatable bonds is 5. The Balaban J connectivity index is 0.00000169. The van der Waals surface area contributed by atoms with Crippen LogP contribution in [0.5, 0.6) is 0 Å². The lowest BCUT2D eigenvalue weighted by molar-refractivity contribution is -0.123. The minimum absolute atomic E-state index is 0. The molecule has 148 valence electrons. The zero-order valence-corrected chi connectivity index (χ0v) is 17.0. The second-order valence-electron chi connectivity index (χ2n) is 6.97. The normalized spacial score (nSPS) is 21.3. The first kappa shape index (κ1) is 23.2. The van der Waals surface area contributed by atoms with Gasteiger partial charge in [-0.05, 0) is 30.9 Å². The smallest absolute Gasteiger partial charge is 0.221 e. The molecule has 0 radical (unpaired) electrons. The summed E-state index contributed by atoms with van der Waals surface area (Å²) in [6.45, 7) is 7.51. The highest BCUT2D eigenvalue weighted by Crippen LogP contribution is 2.16. The van der Waals surface area contributed by atoms with E-state index in [1.165, 1.54) is 11.1 Å². The van der Waals surface area contributed by atoms with Crippen molar-refractivity contribution in [1.29, 1.82) is 0 Å². The van der Waals surface area contributed by atoms with E-state index in [1.807, 2.05) is 0 Å². The van der Waals surface area contributed by atoms with E-state index in [0.717, 1.165) is 45.6 Å². The number of ether oxygens (including phenoxy) is 1. The number of likely N-dealkylation sites (tertiary alicyclic amines) is 1. The molecule has 3 rings (SSSR count). The summed E-state index contributed by atoms with van der Waals surface area (Å²) in [4.78, 5) is 14.7. The molecule has 26 heavy (non-hydrogen) atoms. The van der Waals surface area contributed by atoms with Gasteiger partial charge in [0.1, 0.15) is 0 Å². The molecule has 2 heterocycles. The molecule has 2 saturated heterocycles. The lowest BCUT2D eigenvalue weighted by Crippen LogP contribution is -2.48. The number of hydrogen-bond acceptors (Lipinski definition) is 4. The van der Waals surface area contributed by atoms with Gasteiger partial charge in [0.05, 0.1) is 13.2 Å². The molecule has 1 aromatic carbocycles. The van der Waals surface area contributed by atoms with Crippen LogP contribution in [0.4, 0.5) is 0 Å². The third-order valence-corrected chi connectivity index (χ3v) is 5.04. The molecule has 0 aliphatic carbocycles. The second kappa shape index (κ2) is 11.8. The molecule has 1 atom stereocenters. The minimum atomic E-state index is 0. The van der Waals surface area contributed by atoms with Gasteiger partial charge < -0.3 is 15.4 Å². The first-order valence-corrected chi connectivity index (χ1v) is 9.08. The quantitative estimate of drug-likeness (QED) is 0.791. The summed E-state index contributed by atoms with van der Waals surface area (Å²) in [5.74, 6) is 0.148. The van der Waals surface area contributed by atoms with Crippen molar-refractivity contribution in [2.45, 2.75) is 44.8 Å². The Labute approximate surface area is 169 Å². The molecule has 1 amide bonds. The van der Waals surface area contributed by atoms with Crippen molar-refractivity contribution in [1.82, 2.24) is 15.5 Å². The predicted octanol–water partition coefficient (Wildman–Crippen LogP) is 2.30. The molecule has 0 spiro atoms. The van der Waals surface area contributed by atoms with Gasteiger partial charge in [-0.15, -0.1) is 24.8 Å². The summed E-state index contributed by atoms with van der Waals surface area (Å²) >= 11 is 0. The Bertz CT molecular complexity index is 545. The Kier molecular flexibility index (Phi) is 10.5. The van der Waals surface area contributed by atoms with Crippen molar-refractivity contribution in [2.24, 2.45) is 0 Å². The molecule has 2 fully saturated rings. The van der Waals surface area contributed by atoms with Crippen LogP contribution in [0.1, 0.15) is 30.4 Å². The first-order valence-electron chi connectivity index (χ1n) is 9.08. The Morgan fingerprint density at radius 3 is 2.65 bits per heavy atom. The predicted molar refractivity (Wildman–Crippen MR) is 109 cm³/mol. The monoisotopic (exact) mass is 403 g/mol. The summed E-state index contributed by atoms with van der Waals surface area (Å²) in [5, 5.41) is 6.53. The fourth-order valence-electron chi connectivity index (χ4n) is 3.53. The number of aryl methyl sites for hydroxylation is 1. The van der Waals surface area contributed by atoms with Gasteiger partial charge in [-0.25, -0.2) is 0 Å². The molecule has 7 heteroatoms. The number of morpholine rings is 1. The number of piperidine rings is 1. The topological polar surface area (TPSA) is 53.6 Å². The van der Waals surface area contributed by atoms with Crippen molar-refractivity contribution in [3.63, 3.8) is 0 Å². The van der Waals surface area contributed by atoms with E-state index in [-0.39, 0.29) is 36.8 Å². The maximum absolute atomic E-state index is 12.2. The molecular weight excluding hydrogens is 373 g/mol. The maximum atomic E-state index is 12.2. The average molecular weight is 404 g/mol. The van der Waals surface area contributed by atoms with Crippen LogP contribution >= 0.6 is 24.8 Å². The standard InChI is InChI=1S/C19H29N3O2.2ClH/c1-15-4-2-3-5-16(15)13-22-9-6-17(7-10-22)21-19(23)12-18-14-24-11-8-20-18;;/h2-5,17-18,20H,6-14H2,1H3,(H,21,23);2*1H. The molecule has 2 N–H and O–H groups in total. The Morgan fingerprint density at radius 1 is 1.27 bits per heavy atom. The van der Waals surface area contributed by atoms with Crippen LogP contribution in [0.25, 0.3) is 0 Å². The summed E-state index contributed by atoms with van der Waals surface area (Å²) < 4.78 is 5.40. The zero-order chi connectivity index (χ0) is 16.8. The zero-order valence-electron chi connectivity index (χ0n) is 15.4. The van der Waals surface area contributed by atoms with E-state index in [2.05, 4.69) is 46.7 Å². The Hall–Kier alpha value is -0.850. The van der Waals surface area contributed by atoms with E-state index in [9.17, 15) is 4.79 Å². The van der Waals surface area contributed by atoms with Gasteiger partial charge in [0.15, 0.2) is 0 Å². The highest BCUT2D eigenvalue weighted by molar-refractivity contribution is 5.85. The second-order valence-corrected chi connectivity index (χ2v) is 6.97. The van der Waals surface area contributed by atoms with E-state index in [4.69, 9.17) is 4.74 Å². The summed E-state index contributed by atoms with van der Waals surface area (Å²) in [6.07, 6.45) is 2.59. The van der Waals surface area contributed by atoms with Gasteiger partial charge in [0.25, 0.3) is 0 Å². The van der Waals surface area contributed by atoms with Crippen molar-refractivity contribution in [3.8, 4) is 0 Å². The molecule has 2 aliphatic rings. The first-order chi connectivity index (χ1) is 11.7. The minimum Gasteiger partial charge on any atom is -0.378 e. The van der Waals surface area contributed by atoms with Gasteiger partial charge in [0.2, 0.25) is 5.91 Å². The van der Waals surface area contributed by atoms with Crippen molar-refractivity contribution in [3.05, 3.63) is 35.4 Å². The number of carbonyl (C=O) groups is 1. The average Bonchev–Trinajstić information content (AvgIpc) is 2.59. The third-order valence-electron chi connectivity index (χ3n) is 5.04. The molecule has 1 aromatic rings. The van der Waals surface area contributed by atoms with Crippen LogP contribution in [0, 0.1) is 6.92 Å². The number of halogens is 2. The summed E-state index contributed by atoms with van der Waals surface area (Å²) in [5.41, 5.74) is 2.76. The molecule has 0 saturated carbocycles. The van der Waals surface area contributed by atoms with Gasteiger partial charge in [0, 0.05) is 44.7 Å². The highest BCUT2D eigenvalue weighted by Gasteiger charge is 2.23. The molecular formula is C19H31Cl2N3O2. The SMILES string of the molecule is Cc1ccccc1CN1CCC(NC(=O)CC2COCCN2)CC1.Cl.Cl. The van der Waals surface area contributed by atoms with Crippen molar-refractivity contribution >= 4 is 30.7 Å². The van der Waals surface area contributed by atoms with E-state index in [1.54, 1.807) is 0 Å². The number of benzene rings is 1. The van der Waals surface area contributed by atoms with Crippen molar-refractivity contribution in [2.75, 3.05) is 32.8 Å². The largest absolute Gasteiger partial charge is 0.378 e. The van der Waals surface area contributed by atoms with Crippen molar-refractivity contribution < 1.29 is 9.53 Å². The number of nitrogens with one attached hydrogen (secondary N) is 2. The van der Waals surface area contributed by atoms with Crippen LogP contribution in [0.3, 0.4) is 0 Å². The van der Waals surface area contributed by atoms with Gasteiger partial charge in [-0.1, -0.05) is 24.3 Å². The number of amides is 1. The number of carbonyl (C=O) groups excluding carboxylic acids is 1. The highest BCUT2D eigenvalue weighted by atomic mass is 35.5. The lowest BCUT2D eigenvalue weighted by Gasteiger charge is -2.33. The molecule has 5 nitrogen and oxygen atoms in total. The van der Waals surface area contributed by atoms with Gasteiger partial charge in [-0.2, -0.15) is 0 Å². The van der Waals surface area contributed by atoms with Crippen LogP contribution in [-0.4, -0.2) is 55.7 Å². The van der Waals surface area contributed by atoms with Gasteiger partial charge >= 0.3 is 0 Å². The lowest BCUT2D eigenvalue weighted by atomic mass is 10.0. The summed E-state index contributed by atoms with van der Waals surface area (Å²) in [6, 6.07) is 9.06. The van der Waals surface area contributed by atoms with Crippen LogP contribution in [0.15, 0.2) is 24.3 Å². The van der Waals surface area contributed by atoms with E-state index >= 15 is 0 Å². The third kappa shape index (κ3) is 7.05. The van der Waals surface area contributed by atoms with Crippen LogP contribution in [-0.2, 0) is 16.1 Å². The summed E-state index contributed by atoms with van der Waals surface area (Å²) in [7, 11) is 0. The number of nitrogens with zero attached hydrogens (tertiary/aromatic N) is 1. The molecule has 2 aliphatic heterocycles. The maximum Gasteiger partial charge on any atom is 0.221 e. The van der Waals surface area contributed by atoms with Crippen LogP contribution in [0.2, 0.25) is 0 Å². The van der Waals surface area contributed by atoms with Crippen LogP contribution < -0.4 is 10.6 Å². The van der Waals surface area contributed by atoms with Gasteiger partial charge in [-0.3, -0.25) is 9.69 Å². The fraction of sp³-hybridized carbons (Fsp3) is 0.632. The number of hydrogen-bond donors (Lipinski definition) is 2. The molecule has 0 bridgehead atoms. The molecule has 0 aromatic heterocycles. The molecule has 1 unspecified atom stereocenters. The fourth-order valence-corrected chi connectivity index (χ4v) is 3.53.